The van der Waals surface area contributed by atoms with Crippen LogP contribution >= 0.6 is 24.0 Å². The normalized spacial score (nSPS) is 10.8. The van der Waals surface area contributed by atoms with Gasteiger partial charge in [-0.05, 0) is 49.2 Å². The predicted octanol–water partition coefficient (Wildman–Crippen LogP) is 3.84. The molecule has 0 heterocycles. The lowest BCUT2D eigenvalue weighted by molar-refractivity contribution is 0.250. The molecule has 0 aliphatic heterocycles. The summed E-state index contributed by atoms with van der Waals surface area (Å²) >= 11 is 0. The fraction of sp³-hybridized carbons (Fsp3) is 0.300. The van der Waals surface area contributed by atoms with Crippen molar-refractivity contribution in [3.05, 3.63) is 65.5 Å². The maximum atomic E-state index is 12.9. The number of nitrogens with zero attached hydrogens (tertiary/aromatic N) is 1. The Hall–Kier alpha value is -2.36. The van der Waals surface area contributed by atoms with Crippen LogP contribution < -0.4 is 21.3 Å². The molecule has 0 unspecified atom stereocenters. The second kappa shape index (κ2) is 12.2. The number of amides is 2. The molecule has 0 spiro atoms. The summed E-state index contributed by atoms with van der Waals surface area (Å²) in [4.78, 5) is 15.9. The Morgan fingerprint density at radius 3 is 1.93 bits per heavy atom. The van der Waals surface area contributed by atoms with E-state index < -0.39 is 0 Å². The van der Waals surface area contributed by atoms with Crippen molar-refractivity contribution in [2.45, 2.75) is 33.0 Å². The Balaban J connectivity index is 0.00000392. The van der Waals surface area contributed by atoms with Gasteiger partial charge < -0.3 is 21.3 Å². The average Bonchev–Trinajstić information content (AvgIpc) is 2.64. The average molecular weight is 499 g/mol. The van der Waals surface area contributed by atoms with Crippen LogP contribution in [-0.4, -0.2) is 25.1 Å². The summed E-state index contributed by atoms with van der Waals surface area (Å²) in [6.07, 6.45) is 0. The maximum Gasteiger partial charge on any atom is 0.319 e. The number of halogens is 2. The topological polar surface area (TPSA) is 77.6 Å². The van der Waals surface area contributed by atoms with Crippen molar-refractivity contribution in [3.8, 4) is 0 Å². The first-order valence-corrected chi connectivity index (χ1v) is 8.81. The number of carbonyl (C=O) groups is 1. The Labute approximate surface area is 182 Å². The minimum Gasteiger partial charge on any atom is -0.352 e. The molecule has 2 aromatic rings. The highest BCUT2D eigenvalue weighted by Gasteiger charge is 2.04. The van der Waals surface area contributed by atoms with Gasteiger partial charge in [0.2, 0.25) is 0 Å². The van der Waals surface area contributed by atoms with Crippen LogP contribution in [0.1, 0.15) is 25.0 Å². The molecular weight excluding hydrogens is 472 g/mol. The van der Waals surface area contributed by atoms with Crippen LogP contribution in [0.5, 0.6) is 0 Å². The van der Waals surface area contributed by atoms with Gasteiger partial charge in [0.05, 0.1) is 0 Å². The van der Waals surface area contributed by atoms with E-state index in [9.17, 15) is 9.18 Å². The summed E-state index contributed by atoms with van der Waals surface area (Å²) in [7, 11) is 1.69. The van der Waals surface area contributed by atoms with Gasteiger partial charge in [0, 0.05) is 31.9 Å². The van der Waals surface area contributed by atoms with Crippen molar-refractivity contribution in [2.24, 2.45) is 4.99 Å². The van der Waals surface area contributed by atoms with E-state index in [1.807, 2.05) is 38.1 Å². The third-order valence-corrected chi connectivity index (χ3v) is 3.69. The van der Waals surface area contributed by atoms with Crippen molar-refractivity contribution >= 4 is 41.7 Å². The van der Waals surface area contributed by atoms with Gasteiger partial charge in [-0.2, -0.15) is 0 Å². The smallest absolute Gasteiger partial charge is 0.319 e. The highest BCUT2D eigenvalue weighted by Crippen LogP contribution is 2.09. The van der Waals surface area contributed by atoms with E-state index in [4.69, 9.17) is 0 Å². The highest BCUT2D eigenvalue weighted by molar-refractivity contribution is 14.0. The summed E-state index contributed by atoms with van der Waals surface area (Å²) in [5.74, 6) is 0.402. The van der Waals surface area contributed by atoms with Gasteiger partial charge in [0.25, 0.3) is 0 Å². The number of carbonyl (C=O) groups excluding carboxylic acids is 1. The molecule has 28 heavy (non-hydrogen) atoms. The Morgan fingerprint density at radius 1 is 0.964 bits per heavy atom. The molecule has 0 fully saturated rings. The molecule has 0 saturated heterocycles. The van der Waals surface area contributed by atoms with Gasteiger partial charge in [-0.1, -0.05) is 24.3 Å². The molecule has 0 aliphatic rings. The predicted molar refractivity (Wildman–Crippen MR) is 123 cm³/mol. The van der Waals surface area contributed by atoms with Gasteiger partial charge in [-0.3, -0.25) is 4.99 Å². The number of hydrogen-bond donors (Lipinski definition) is 4. The number of urea groups is 1. The van der Waals surface area contributed by atoms with Crippen LogP contribution in [0, 0.1) is 5.82 Å². The van der Waals surface area contributed by atoms with Gasteiger partial charge in [0.15, 0.2) is 5.96 Å². The number of hydrogen-bond acceptors (Lipinski definition) is 2. The van der Waals surface area contributed by atoms with Gasteiger partial charge in [-0.15, -0.1) is 24.0 Å². The summed E-state index contributed by atoms with van der Waals surface area (Å²) in [5, 5.41) is 12.0. The number of guanidine groups is 1. The number of nitrogens with one attached hydrogen (secondary N) is 4. The molecule has 4 N–H and O–H groups in total. The largest absolute Gasteiger partial charge is 0.352 e. The fourth-order valence-corrected chi connectivity index (χ4v) is 2.33. The summed E-state index contributed by atoms with van der Waals surface area (Å²) in [5.41, 5.74) is 2.75. The minimum atomic E-state index is -0.249. The molecule has 6 nitrogen and oxygen atoms in total. The second-order valence-electron chi connectivity index (χ2n) is 6.36. The number of rotatable bonds is 6. The standard InChI is InChI=1S/C20H26FN5O.HI/c1-14(2)25-20(27)26-18-10-6-16(7-11-18)13-24-19(22-3)23-12-15-4-8-17(21)9-5-15;/h4-11,14H,12-13H2,1-3H3,(H2,22,23,24)(H2,25,26,27);1H. The van der Waals surface area contributed by atoms with Gasteiger partial charge in [0.1, 0.15) is 5.82 Å². The molecule has 2 amide bonds. The Bertz CT molecular complexity index is 763. The van der Waals surface area contributed by atoms with Gasteiger partial charge in [-0.25, -0.2) is 9.18 Å². The van der Waals surface area contributed by atoms with Crippen LogP contribution in [0.15, 0.2) is 53.5 Å². The van der Waals surface area contributed by atoms with Crippen LogP contribution in [0.2, 0.25) is 0 Å². The third-order valence-electron chi connectivity index (χ3n) is 3.69. The van der Waals surface area contributed by atoms with Crippen LogP contribution in [-0.2, 0) is 13.1 Å². The summed E-state index contributed by atoms with van der Waals surface area (Å²) in [6.45, 7) is 4.95. The van der Waals surface area contributed by atoms with Crippen LogP contribution in [0.25, 0.3) is 0 Å². The second-order valence-corrected chi connectivity index (χ2v) is 6.36. The van der Waals surface area contributed by atoms with E-state index in [0.717, 1.165) is 16.8 Å². The zero-order chi connectivity index (χ0) is 19.6. The number of anilines is 1. The maximum absolute atomic E-state index is 12.9. The molecule has 0 aromatic heterocycles. The van der Waals surface area contributed by atoms with E-state index >= 15 is 0 Å². The quantitative estimate of drug-likeness (QED) is 0.277. The van der Waals surface area contributed by atoms with Gasteiger partial charge >= 0.3 is 6.03 Å². The SMILES string of the molecule is CN=C(NCc1ccc(F)cc1)NCc1ccc(NC(=O)NC(C)C)cc1.I. The van der Waals surface area contributed by atoms with E-state index in [1.54, 1.807) is 19.2 Å². The molecule has 0 atom stereocenters. The van der Waals surface area contributed by atoms with E-state index in [2.05, 4.69) is 26.3 Å². The van der Waals surface area contributed by atoms with Crippen molar-refractivity contribution in [3.63, 3.8) is 0 Å². The van der Waals surface area contributed by atoms with Crippen molar-refractivity contribution < 1.29 is 9.18 Å². The Kier molecular flexibility index (Phi) is 10.3. The zero-order valence-electron chi connectivity index (χ0n) is 16.3. The number of aliphatic imine (C=N–C) groups is 1. The third kappa shape index (κ3) is 8.55. The molecule has 8 heteroatoms. The molecule has 2 rings (SSSR count). The van der Waals surface area contributed by atoms with E-state index in [-0.39, 0.29) is 41.9 Å². The summed E-state index contributed by atoms with van der Waals surface area (Å²) < 4.78 is 12.9. The van der Waals surface area contributed by atoms with Crippen molar-refractivity contribution in [1.82, 2.24) is 16.0 Å². The summed E-state index contributed by atoms with van der Waals surface area (Å²) in [6, 6.07) is 13.8. The lowest BCUT2D eigenvalue weighted by Crippen LogP contribution is -2.36. The fourth-order valence-electron chi connectivity index (χ4n) is 2.33. The minimum absolute atomic E-state index is 0. The molecule has 0 bridgehead atoms. The number of benzene rings is 2. The van der Waals surface area contributed by atoms with Crippen molar-refractivity contribution in [2.75, 3.05) is 12.4 Å². The first-order chi connectivity index (χ1) is 13.0. The molecule has 152 valence electrons. The highest BCUT2D eigenvalue weighted by atomic mass is 127. The van der Waals surface area contributed by atoms with Crippen LogP contribution in [0.3, 0.4) is 0 Å². The first kappa shape index (κ1) is 23.7. The monoisotopic (exact) mass is 499 g/mol. The zero-order valence-corrected chi connectivity index (χ0v) is 18.6. The molecule has 0 saturated carbocycles. The molecule has 0 radical (unpaired) electrons. The lowest BCUT2D eigenvalue weighted by atomic mass is 10.2. The molecule has 0 aliphatic carbocycles. The van der Waals surface area contributed by atoms with Crippen LogP contribution in [0.4, 0.5) is 14.9 Å². The van der Waals surface area contributed by atoms with E-state index in [1.165, 1.54) is 12.1 Å². The molecule has 2 aromatic carbocycles. The Morgan fingerprint density at radius 2 is 1.46 bits per heavy atom. The van der Waals surface area contributed by atoms with E-state index in [0.29, 0.717) is 19.0 Å². The lowest BCUT2D eigenvalue weighted by Gasteiger charge is -2.13. The van der Waals surface area contributed by atoms with Crippen molar-refractivity contribution in [1.29, 1.82) is 0 Å². The molecular formula is C20H27FIN5O. The first-order valence-electron chi connectivity index (χ1n) is 8.81.